The zero-order valence-electron chi connectivity index (χ0n) is 15.4. The minimum Gasteiger partial charge on any atom is -0.487 e. The third kappa shape index (κ3) is 4.43. The fourth-order valence-electron chi connectivity index (χ4n) is 2.95. The van der Waals surface area contributed by atoms with Gasteiger partial charge in [0, 0.05) is 18.2 Å². The first-order chi connectivity index (χ1) is 12.5. The van der Waals surface area contributed by atoms with Crippen LogP contribution in [-0.4, -0.2) is 50.5 Å². The number of hydrogen-bond acceptors (Lipinski definition) is 7. The molecule has 0 aliphatic carbocycles. The summed E-state index contributed by atoms with van der Waals surface area (Å²) >= 11 is 0. The lowest BCUT2D eigenvalue weighted by atomic mass is 9.99. The standard InChI is InChI=1S/C18H25NO7/c1-4-5-8-26-17-14(20)6-7-19(16(17)18(22)24-3)13-11-25-10-12(13)9-15(21)23-2/h6-7,12-13H,4-5,8-11H2,1-3H3. The molecule has 0 aromatic carbocycles. The molecule has 2 heterocycles. The Labute approximate surface area is 152 Å². The molecular weight excluding hydrogens is 342 g/mol. The zero-order valence-corrected chi connectivity index (χ0v) is 15.4. The number of carbonyl (C=O) groups excluding carboxylic acids is 2. The SMILES string of the molecule is CCCCOc1c(C(=O)OC)n(C2COCC2CC(=O)OC)ccc1=O. The topological polar surface area (TPSA) is 93.1 Å². The summed E-state index contributed by atoms with van der Waals surface area (Å²) in [5, 5.41) is 0. The van der Waals surface area contributed by atoms with E-state index in [2.05, 4.69) is 0 Å². The number of pyridine rings is 1. The summed E-state index contributed by atoms with van der Waals surface area (Å²) in [6.45, 7) is 3.00. The average Bonchev–Trinajstić information content (AvgIpc) is 3.10. The van der Waals surface area contributed by atoms with E-state index in [1.54, 1.807) is 4.57 Å². The van der Waals surface area contributed by atoms with Gasteiger partial charge in [-0.2, -0.15) is 0 Å². The molecule has 0 N–H and O–H groups in total. The normalized spacial score (nSPS) is 19.2. The molecule has 2 unspecified atom stereocenters. The summed E-state index contributed by atoms with van der Waals surface area (Å²) in [4.78, 5) is 36.3. The Hall–Kier alpha value is -2.35. The van der Waals surface area contributed by atoms with Crippen LogP contribution in [0.2, 0.25) is 0 Å². The van der Waals surface area contributed by atoms with Gasteiger partial charge < -0.3 is 23.5 Å². The molecule has 0 amide bonds. The van der Waals surface area contributed by atoms with E-state index in [9.17, 15) is 14.4 Å². The van der Waals surface area contributed by atoms with Crippen LogP contribution in [0, 0.1) is 5.92 Å². The van der Waals surface area contributed by atoms with Gasteiger partial charge in [-0.25, -0.2) is 4.79 Å². The predicted octanol–water partition coefficient (Wildman–Crippen LogP) is 1.56. The molecule has 1 aliphatic heterocycles. The molecule has 1 aromatic heterocycles. The van der Waals surface area contributed by atoms with Crippen LogP contribution < -0.4 is 10.2 Å². The Morgan fingerprint density at radius 2 is 2.04 bits per heavy atom. The quantitative estimate of drug-likeness (QED) is 0.508. The third-order valence-corrected chi connectivity index (χ3v) is 4.39. The molecule has 1 aliphatic rings. The fourth-order valence-corrected chi connectivity index (χ4v) is 2.95. The van der Waals surface area contributed by atoms with Crippen LogP contribution in [-0.2, 0) is 19.0 Å². The second kappa shape index (κ2) is 9.38. The maximum Gasteiger partial charge on any atom is 0.358 e. The highest BCUT2D eigenvalue weighted by molar-refractivity contribution is 5.90. The lowest BCUT2D eigenvalue weighted by Gasteiger charge is -2.24. The average molecular weight is 367 g/mol. The van der Waals surface area contributed by atoms with Gasteiger partial charge in [-0.15, -0.1) is 0 Å². The minimum absolute atomic E-state index is 0.0310. The number of methoxy groups -OCH3 is 2. The van der Waals surface area contributed by atoms with Gasteiger partial charge in [0.1, 0.15) is 0 Å². The first-order valence-corrected chi connectivity index (χ1v) is 8.64. The van der Waals surface area contributed by atoms with Gasteiger partial charge in [-0.1, -0.05) is 13.3 Å². The summed E-state index contributed by atoms with van der Waals surface area (Å²) in [5.74, 6) is -1.24. The highest BCUT2D eigenvalue weighted by atomic mass is 16.5. The van der Waals surface area contributed by atoms with Crippen LogP contribution in [0.25, 0.3) is 0 Å². The maximum absolute atomic E-state index is 12.4. The Balaban J connectivity index is 2.43. The van der Waals surface area contributed by atoms with Crippen LogP contribution in [0.15, 0.2) is 17.1 Å². The van der Waals surface area contributed by atoms with Crippen molar-refractivity contribution in [3.63, 3.8) is 0 Å². The lowest BCUT2D eigenvalue weighted by Crippen LogP contribution is -2.28. The smallest absolute Gasteiger partial charge is 0.358 e. The van der Waals surface area contributed by atoms with Crippen LogP contribution >= 0.6 is 0 Å². The molecule has 8 nitrogen and oxygen atoms in total. The summed E-state index contributed by atoms with van der Waals surface area (Å²) < 4.78 is 22.3. The van der Waals surface area contributed by atoms with E-state index in [1.165, 1.54) is 26.5 Å². The number of unbranched alkanes of at least 4 members (excludes halogenated alkanes) is 1. The van der Waals surface area contributed by atoms with Gasteiger partial charge in [0.25, 0.3) is 0 Å². The predicted molar refractivity (Wildman–Crippen MR) is 92.4 cm³/mol. The van der Waals surface area contributed by atoms with E-state index >= 15 is 0 Å². The number of nitrogens with zero attached hydrogens (tertiary/aromatic N) is 1. The van der Waals surface area contributed by atoms with E-state index in [4.69, 9.17) is 18.9 Å². The highest BCUT2D eigenvalue weighted by Crippen LogP contribution is 2.31. The van der Waals surface area contributed by atoms with E-state index in [0.717, 1.165) is 12.8 Å². The molecule has 1 fully saturated rings. The van der Waals surface area contributed by atoms with E-state index in [0.29, 0.717) is 19.8 Å². The largest absolute Gasteiger partial charge is 0.487 e. The Kier molecular flexibility index (Phi) is 7.20. The maximum atomic E-state index is 12.4. The first-order valence-electron chi connectivity index (χ1n) is 8.64. The van der Waals surface area contributed by atoms with Crippen molar-refractivity contribution in [2.45, 2.75) is 32.2 Å². The molecule has 26 heavy (non-hydrogen) atoms. The molecule has 0 saturated carbocycles. The first kappa shape index (κ1) is 20.0. The molecular formula is C18H25NO7. The Morgan fingerprint density at radius 3 is 2.69 bits per heavy atom. The van der Waals surface area contributed by atoms with Gasteiger partial charge in [-0.3, -0.25) is 9.59 Å². The molecule has 0 bridgehead atoms. The summed E-state index contributed by atoms with van der Waals surface area (Å²) in [6, 6.07) is 1.04. The second-order valence-electron chi connectivity index (χ2n) is 6.10. The molecule has 1 aromatic rings. The fraction of sp³-hybridized carbons (Fsp3) is 0.611. The van der Waals surface area contributed by atoms with Gasteiger partial charge in [-0.05, 0) is 6.42 Å². The molecule has 8 heteroatoms. The van der Waals surface area contributed by atoms with Crippen molar-refractivity contribution in [1.29, 1.82) is 0 Å². The van der Waals surface area contributed by atoms with Gasteiger partial charge in [0.2, 0.25) is 5.43 Å². The Bertz CT molecular complexity index is 697. The zero-order chi connectivity index (χ0) is 19.1. The summed E-state index contributed by atoms with van der Waals surface area (Å²) in [5.41, 5.74) is -0.345. The van der Waals surface area contributed by atoms with Crippen molar-refractivity contribution in [3.05, 3.63) is 28.2 Å². The summed E-state index contributed by atoms with van der Waals surface area (Å²) in [7, 11) is 2.57. The second-order valence-corrected chi connectivity index (χ2v) is 6.10. The molecule has 0 radical (unpaired) electrons. The van der Waals surface area contributed by atoms with Crippen molar-refractivity contribution in [1.82, 2.24) is 4.57 Å². The van der Waals surface area contributed by atoms with Crippen molar-refractivity contribution >= 4 is 11.9 Å². The van der Waals surface area contributed by atoms with Crippen LogP contribution in [0.1, 0.15) is 42.7 Å². The molecule has 2 rings (SSSR count). The summed E-state index contributed by atoms with van der Waals surface area (Å²) in [6.07, 6.45) is 3.32. The minimum atomic E-state index is -0.669. The van der Waals surface area contributed by atoms with Crippen LogP contribution in [0.4, 0.5) is 0 Å². The highest BCUT2D eigenvalue weighted by Gasteiger charge is 2.35. The van der Waals surface area contributed by atoms with Crippen molar-refractivity contribution in [3.8, 4) is 5.75 Å². The van der Waals surface area contributed by atoms with Gasteiger partial charge in [0.15, 0.2) is 11.4 Å². The van der Waals surface area contributed by atoms with Crippen molar-refractivity contribution in [2.24, 2.45) is 5.92 Å². The molecule has 144 valence electrons. The number of ether oxygens (including phenoxy) is 4. The van der Waals surface area contributed by atoms with Gasteiger partial charge in [0.05, 0.1) is 46.5 Å². The number of hydrogen-bond donors (Lipinski definition) is 0. The van der Waals surface area contributed by atoms with E-state index in [-0.39, 0.29) is 41.2 Å². The van der Waals surface area contributed by atoms with Crippen LogP contribution in [0.5, 0.6) is 5.75 Å². The molecule has 2 atom stereocenters. The van der Waals surface area contributed by atoms with Crippen molar-refractivity contribution in [2.75, 3.05) is 34.0 Å². The van der Waals surface area contributed by atoms with E-state index in [1.807, 2.05) is 6.92 Å². The van der Waals surface area contributed by atoms with Gasteiger partial charge >= 0.3 is 11.9 Å². The number of esters is 2. The monoisotopic (exact) mass is 367 g/mol. The lowest BCUT2D eigenvalue weighted by molar-refractivity contribution is -0.141. The third-order valence-electron chi connectivity index (χ3n) is 4.39. The number of carbonyl (C=O) groups is 2. The molecule has 0 spiro atoms. The van der Waals surface area contributed by atoms with Crippen molar-refractivity contribution < 1.29 is 28.5 Å². The number of rotatable bonds is 8. The van der Waals surface area contributed by atoms with Crippen LogP contribution in [0.3, 0.4) is 0 Å². The van der Waals surface area contributed by atoms with E-state index < -0.39 is 5.97 Å². The Morgan fingerprint density at radius 1 is 1.27 bits per heavy atom. The molecule has 1 saturated heterocycles. The number of aromatic nitrogens is 1.